The summed E-state index contributed by atoms with van der Waals surface area (Å²) in [4.78, 5) is 14.8. The van der Waals surface area contributed by atoms with Crippen molar-refractivity contribution in [3.05, 3.63) is 46.8 Å². The van der Waals surface area contributed by atoms with E-state index in [1.165, 1.54) is 24.0 Å². The largest absolute Gasteiger partial charge is 0.481 e. The Bertz CT molecular complexity index is 768. The highest BCUT2D eigenvalue weighted by Gasteiger charge is 2.28. The normalized spacial score (nSPS) is 17.6. The summed E-state index contributed by atoms with van der Waals surface area (Å²) >= 11 is 0. The van der Waals surface area contributed by atoms with Gasteiger partial charge < -0.3 is 9.64 Å². The van der Waals surface area contributed by atoms with E-state index in [0.29, 0.717) is 13.0 Å². The lowest BCUT2D eigenvalue weighted by Gasteiger charge is -2.30. The van der Waals surface area contributed by atoms with E-state index in [9.17, 15) is 4.79 Å². The van der Waals surface area contributed by atoms with Gasteiger partial charge in [-0.3, -0.25) is 9.89 Å². The van der Waals surface area contributed by atoms with Gasteiger partial charge in [0.15, 0.2) is 6.10 Å². The molecule has 1 amide bonds. The van der Waals surface area contributed by atoms with Crippen molar-refractivity contribution in [3.8, 4) is 5.75 Å². The monoisotopic (exact) mass is 339 g/mol. The third kappa shape index (κ3) is 3.28. The number of carbonyl (C=O) groups is 1. The van der Waals surface area contributed by atoms with E-state index in [1.807, 2.05) is 24.1 Å². The molecule has 0 fully saturated rings. The van der Waals surface area contributed by atoms with Crippen LogP contribution in [0.4, 0.5) is 0 Å². The Morgan fingerprint density at radius 2 is 2.08 bits per heavy atom. The summed E-state index contributed by atoms with van der Waals surface area (Å²) in [6.07, 6.45) is 7.69. The highest BCUT2D eigenvalue weighted by atomic mass is 16.5. The second-order valence-corrected chi connectivity index (χ2v) is 7.04. The van der Waals surface area contributed by atoms with Crippen LogP contribution in [-0.2, 0) is 30.6 Å². The molecule has 2 aromatic rings. The summed E-state index contributed by atoms with van der Waals surface area (Å²) in [7, 11) is 0. The van der Waals surface area contributed by atoms with Crippen molar-refractivity contribution >= 4 is 5.91 Å². The first-order chi connectivity index (χ1) is 12.2. The molecule has 1 N–H and O–H groups in total. The van der Waals surface area contributed by atoms with Crippen molar-refractivity contribution < 1.29 is 9.53 Å². The number of aromatic nitrogens is 2. The number of aryl methyl sites for hydroxylation is 2. The number of nitrogens with one attached hydrogen (secondary N) is 1. The molecule has 1 unspecified atom stereocenters. The molecule has 1 aliphatic heterocycles. The number of fused-ring (bicyclic) bond motifs is 2. The Balaban J connectivity index is 1.46. The van der Waals surface area contributed by atoms with Gasteiger partial charge in [-0.05, 0) is 55.4 Å². The van der Waals surface area contributed by atoms with Crippen molar-refractivity contribution in [2.45, 2.75) is 58.1 Å². The Morgan fingerprint density at radius 1 is 1.24 bits per heavy atom. The number of hydrogen-bond acceptors (Lipinski definition) is 3. The van der Waals surface area contributed by atoms with Gasteiger partial charge in [0.1, 0.15) is 5.75 Å². The van der Waals surface area contributed by atoms with Gasteiger partial charge in [0, 0.05) is 30.8 Å². The summed E-state index contributed by atoms with van der Waals surface area (Å²) in [5, 5.41) is 7.09. The molecule has 0 spiro atoms. The highest BCUT2D eigenvalue weighted by Crippen LogP contribution is 2.27. The molecule has 0 saturated carbocycles. The maximum Gasteiger partial charge on any atom is 0.263 e. The zero-order valence-electron chi connectivity index (χ0n) is 14.8. The Morgan fingerprint density at radius 3 is 2.92 bits per heavy atom. The molecular weight excluding hydrogens is 314 g/mol. The fraction of sp³-hybridized carbons (Fsp3) is 0.500. The van der Waals surface area contributed by atoms with E-state index in [1.54, 1.807) is 0 Å². The molecule has 2 aliphatic rings. The van der Waals surface area contributed by atoms with Crippen molar-refractivity contribution in [1.82, 2.24) is 15.1 Å². The lowest BCUT2D eigenvalue weighted by molar-refractivity contribution is -0.139. The Labute approximate surface area is 148 Å². The van der Waals surface area contributed by atoms with E-state index in [0.717, 1.165) is 42.8 Å². The molecule has 0 saturated heterocycles. The number of H-pyrrole nitrogens is 1. The molecule has 132 valence electrons. The maximum absolute atomic E-state index is 12.9. The second kappa shape index (κ2) is 6.90. The molecule has 0 bridgehead atoms. The van der Waals surface area contributed by atoms with E-state index in [4.69, 9.17) is 4.74 Å². The lowest BCUT2D eigenvalue weighted by atomic mass is 9.92. The number of carbonyl (C=O) groups excluding carboxylic acids is 1. The van der Waals surface area contributed by atoms with Crippen LogP contribution in [-0.4, -0.2) is 33.7 Å². The summed E-state index contributed by atoms with van der Waals surface area (Å²) in [6.45, 7) is 3.35. The van der Waals surface area contributed by atoms with Crippen molar-refractivity contribution in [3.63, 3.8) is 0 Å². The average molecular weight is 339 g/mol. The second-order valence-electron chi connectivity index (χ2n) is 7.04. The van der Waals surface area contributed by atoms with Gasteiger partial charge in [-0.25, -0.2) is 0 Å². The van der Waals surface area contributed by atoms with Crippen LogP contribution in [0.5, 0.6) is 5.75 Å². The predicted molar refractivity (Wildman–Crippen MR) is 95.5 cm³/mol. The summed E-state index contributed by atoms with van der Waals surface area (Å²) in [5.74, 6) is 0.897. The number of aromatic amines is 1. The number of benzene rings is 1. The molecule has 1 aromatic carbocycles. The quantitative estimate of drug-likeness (QED) is 0.931. The van der Waals surface area contributed by atoms with Gasteiger partial charge in [0.2, 0.25) is 0 Å². The molecule has 2 heterocycles. The summed E-state index contributed by atoms with van der Waals surface area (Å²) in [5.41, 5.74) is 5.07. The number of rotatable bonds is 4. The number of nitrogens with zero attached hydrogens (tertiary/aromatic N) is 2. The molecule has 1 atom stereocenters. The molecule has 4 rings (SSSR count). The van der Waals surface area contributed by atoms with Crippen LogP contribution in [0.2, 0.25) is 0 Å². The van der Waals surface area contributed by atoms with Gasteiger partial charge in [-0.2, -0.15) is 5.10 Å². The Kier molecular flexibility index (Phi) is 4.47. The van der Waals surface area contributed by atoms with Gasteiger partial charge in [-0.15, -0.1) is 0 Å². The SMILES string of the molecule is CCC(Oc1ccc2c(c1)CCCC2)C(=O)N1CCc2[nH]ncc2C1. The first-order valence-electron chi connectivity index (χ1n) is 9.33. The van der Waals surface area contributed by atoms with E-state index < -0.39 is 6.10 Å². The molecule has 25 heavy (non-hydrogen) atoms. The standard InChI is InChI=1S/C20H25N3O2/c1-2-19(20(24)23-10-9-18-16(13-23)12-21-22-18)25-17-8-7-14-5-3-4-6-15(14)11-17/h7-8,11-12,19H,2-6,9-10,13H2,1H3,(H,21,22). The first kappa shape index (κ1) is 16.2. The van der Waals surface area contributed by atoms with Gasteiger partial charge in [0.25, 0.3) is 5.91 Å². The minimum atomic E-state index is -0.421. The maximum atomic E-state index is 12.9. The van der Waals surface area contributed by atoms with Crippen LogP contribution >= 0.6 is 0 Å². The van der Waals surface area contributed by atoms with E-state index >= 15 is 0 Å². The average Bonchev–Trinajstić information content (AvgIpc) is 3.13. The molecular formula is C20H25N3O2. The van der Waals surface area contributed by atoms with Crippen molar-refractivity contribution in [2.24, 2.45) is 0 Å². The minimum Gasteiger partial charge on any atom is -0.481 e. The zero-order chi connectivity index (χ0) is 17.2. The molecule has 1 aliphatic carbocycles. The third-order valence-electron chi connectivity index (χ3n) is 5.36. The van der Waals surface area contributed by atoms with Crippen LogP contribution < -0.4 is 4.74 Å². The van der Waals surface area contributed by atoms with Crippen LogP contribution in [0.15, 0.2) is 24.4 Å². The fourth-order valence-corrected chi connectivity index (χ4v) is 3.87. The summed E-state index contributed by atoms with van der Waals surface area (Å²) < 4.78 is 6.10. The van der Waals surface area contributed by atoms with Crippen LogP contribution in [0, 0.1) is 0 Å². The van der Waals surface area contributed by atoms with Gasteiger partial charge in [0.05, 0.1) is 6.20 Å². The number of ether oxygens (including phenoxy) is 1. The van der Waals surface area contributed by atoms with E-state index in [-0.39, 0.29) is 5.91 Å². The van der Waals surface area contributed by atoms with Gasteiger partial charge >= 0.3 is 0 Å². The summed E-state index contributed by atoms with van der Waals surface area (Å²) in [6, 6.07) is 6.32. The zero-order valence-corrected chi connectivity index (χ0v) is 14.8. The molecule has 0 radical (unpaired) electrons. The smallest absolute Gasteiger partial charge is 0.263 e. The highest BCUT2D eigenvalue weighted by molar-refractivity contribution is 5.81. The molecule has 1 aromatic heterocycles. The molecule has 5 nitrogen and oxygen atoms in total. The lowest BCUT2D eigenvalue weighted by Crippen LogP contribution is -2.44. The van der Waals surface area contributed by atoms with E-state index in [2.05, 4.69) is 22.3 Å². The fourth-order valence-electron chi connectivity index (χ4n) is 3.87. The minimum absolute atomic E-state index is 0.0760. The topological polar surface area (TPSA) is 58.2 Å². The number of amides is 1. The molecule has 5 heteroatoms. The van der Waals surface area contributed by atoms with Crippen molar-refractivity contribution in [1.29, 1.82) is 0 Å². The predicted octanol–water partition coefficient (Wildman–Crippen LogP) is 3.03. The van der Waals surface area contributed by atoms with Gasteiger partial charge in [-0.1, -0.05) is 13.0 Å². The van der Waals surface area contributed by atoms with Crippen LogP contribution in [0.3, 0.4) is 0 Å². The number of hydrogen-bond donors (Lipinski definition) is 1. The first-order valence-corrected chi connectivity index (χ1v) is 9.33. The van der Waals surface area contributed by atoms with Crippen LogP contribution in [0.25, 0.3) is 0 Å². The van der Waals surface area contributed by atoms with Crippen LogP contribution in [0.1, 0.15) is 48.6 Å². The third-order valence-corrected chi connectivity index (χ3v) is 5.36. The Hall–Kier alpha value is -2.30. The van der Waals surface area contributed by atoms with Crippen molar-refractivity contribution in [2.75, 3.05) is 6.54 Å².